The third kappa shape index (κ3) is 2.33. The van der Waals surface area contributed by atoms with E-state index < -0.39 is 5.69 Å². The molecule has 3 aromatic rings. The highest BCUT2D eigenvalue weighted by molar-refractivity contribution is 5.46. The molecule has 0 aliphatic rings. The van der Waals surface area contributed by atoms with Gasteiger partial charge in [-0.2, -0.15) is 9.61 Å². The van der Waals surface area contributed by atoms with Crippen LogP contribution in [-0.4, -0.2) is 26.4 Å². The summed E-state index contributed by atoms with van der Waals surface area (Å²) in [5, 5.41) is 10.2. The third-order valence-corrected chi connectivity index (χ3v) is 2.93. The summed E-state index contributed by atoms with van der Waals surface area (Å²) in [7, 11) is 0. The minimum absolute atomic E-state index is 0.371. The number of benzene rings is 1. The Bertz CT molecular complexity index is 793. The number of anilines is 1. The first-order chi connectivity index (χ1) is 9.74. The Morgan fingerprint density at radius 1 is 1.25 bits per heavy atom. The molecular formula is C13H13N5O2. The molecular weight excluding hydrogens is 258 g/mol. The minimum atomic E-state index is -0.391. The van der Waals surface area contributed by atoms with Crippen LogP contribution in [0.25, 0.3) is 5.65 Å². The van der Waals surface area contributed by atoms with Gasteiger partial charge in [-0.05, 0) is 17.7 Å². The van der Waals surface area contributed by atoms with Crippen LogP contribution in [0.4, 0.5) is 5.69 Å². The average molecular weight is 271 g/mol. The topological polar surface area (TPSA) is 98.3 Å². The fraction of sp³-hybridized carbons (Fsp3) is 0.154. The number of rotatable bonds is 4. The van der Waals surface area contributed by atoms with Gasteiger partial charge in [-0.3, -0.25) is 0 Å². The minimum Gasteiger partial charge on any atom is -0.476 e. The molecule has 0 saturated carbocycles. The second-order valence-corrected chi connectivity index (χ2v) is 4.27. The van der Waals surface area contributed by atoms with Crippen LogP contribution in [0.2, 0.25) is 0 Å². The van der Waals surface area contributed by atoms with Crippen LogP contribution >= 0.6 is 0 Å². The predicted molar refractivity (Wildman–Crippen MR) is 73.7 cm³/mol. The Morgan fingerprint density at radius 2 is 2.10 bits per heavy atom. The lowest BCUT2D eigenvalue weighted by molar-refractivity contribution is 0.304. The van der Waals surface area contributed by atoms with Gasteiger partial charge in [0.1, 0.15) is 0 Å². The van der Waals surface area contributed by atoms with Crippen molar-refractivity contribution in [2.24, 2.45) is 0 Å². The summed E-state index contributed by atoms with van der Waals surface area (Å²) < 4.78 is 6.69. The van der Waals surface area contributed by atoms with Crippen molar-refractivity contribution in [1.29, 1.82) is 0 Å². The van der Waals surface area contributed by atoms with Gasteiger partial charge in [0.15, 0.2) is 5.65 Å². The number of aromatic amines is 1. The quantitative estimate of drug-likeness (QED) is 0.678. The van der Waals surface area contributed by atoms with E-state index in [0.29, 0.717) is 24.6 Å². The van der Waals surface area contributed by atoms with Gasteiger partial charge in [-0.1, -0.05) is 18.2 Å². The van der Waals surface area contributed by atoms with Gasteiger partial charge in [0.2, 0.25) is 5.88 Å². The largest absolute Gasteiger partial charge is 0.476 e. The van der Waals surface area contributed by atoms with Crippen molar-refractivity contribution in [3.05, 3.63) is 52.4 Å². The van der Waals surface area contributed by atoms with Crippen molar-refractivity contribution in [2.75, 3.05) is 12.3 Å². The van der Waals surface area contributed by atoms with Crippen LogP contribution in [0.5, 0.6) is 5.88 Å². The molecule has 0 saturated heterocycles. The van der Waals surface area contributed by atoms with E-state index in [2.05, 4.69) is 15.3 Å². The number of hydrogen-bond donors (Lipinski definition) is 2. The second kappa shape index (κ2) is 5.04. The zero-order valence-corrected chi connectivity index (χ0v) is 10.6. The normalized spacial score (nSPS) is 10.8. The Morgan fingerprint density at radius 3 is 2.95 bits per heavy atom. The molecule has 1 aromatic carbocycles. The van der Waals surface area contributed by atoms with Gasteiger partial charge in [-0.15, -0.1) is 5.10 Å². The number of aromatic nitrogens is 4. The van der Waals surface area contributed by atoms with Crippen molar-refractivity contribution in [3.63, 3.8) is 0 Å². The summed E-state index contributed by atoms with van der Waals surface area (Å²) in [4.78, 5) is 11.4. The highest BCUT2D eigenvalue weighted by atomic mass is 16.5. The lowest BCUT2D eigenvalue weighted by Gasteiger charge is -2.07. The van der Waals surface area contributed by atoms with Crippen LogP contribution in [0.15, 0.2) is 41.2 Å². The zero-order valence-electron chi connectivity index (χ0n) is 10.6. The molecule has 7 heteroatoms. The number of nitrogens with zero attached hydrogens (tertiary/aromatic N) is 3. The van der Waals surface area contributed by atoms with Crippen LogP contribution in [0.1, 0.15) is 5.56 Å². The average Bonchev–Trinajstić information content (AvgIpc) is 2.82. The highest BCUT2D eigenvalue weighted by Gasteiger charge is 2.04. The Hall–Kier alpha value is -2.83. The third-order valence-electron chi connectivity index (χ3n) is 2.93. The summed E-state index contributed by atoms with van der Waals surface area (Å²) >= 11 is 0. The number of H-pyrrole nitrogens is 1. The number of nitrogens with one attached hydrogen (secondary N) is 1. The van der Waals surface area contributed by atoms with E-state index in [1.54, 1.807) is 12.1 Å². The zero-order chi connectivity index (χ0) is 13.9. The summed E-state index contributed by atoms with van der Waals surface area (Å²) in [5.74, 6) is 0.371. The van der Waals surface area contributed by atoms with Gasteiger partial charge in [0.05, 0.1) is 6.61 Å². The summed E-state index contributed by atoms with van der Waals surface area (Å²) in [6.45, 7) is 0.430. The monoisotopic (exact) mass is 271 g/mol. The molecule has 2 heterocycles. The van der Waals surface area contributed by atoms with Crippen molar-refractivity contribution in [2.45, 2.75) is 6.42 Å². The molecule has 0 aliphatic heterocycles. The van der Waals surface area contributed by atoms with Crippen LogP contribution < -0.4 is 16.2 Å². The first-order valence-electron chi connectivity index (χ1n) is 6.15. The molecule has 3 rings (SSSR count). The maximum Gasteiger partial charge on any atom is 0.364 e. The van der Waals surface area contributed by atoms with E-state index in [1.807, 2.05) is 24.3 Å². The molecule has 0 radical (unpaired) electrons. The van der Waals surface area contributed by atoms with Crippen molar-refractivity contribution >= 4 is 11.3 Å². The maximum absolute atomic E-state index is 11.4. The molecule has 3 N–H and O–H groups in total. The van der Waals surface area contributed by atoms with E-state index in [-0.39, 0.29) is 0 Å². The van der Waals surface area contributed by atoms with Gasteiger partial charge < -0.3 is 10.5 Å². The first kappa shape index (κ1) is 12.2. The summed E-state index contributed by atoms with van der Waals surface area (Å²) in [6, 6.07) is 11.0. The molecule has 102 valence electrons. The molecule has 20 heavy (non-hydrogen) atoms. The number of nitrogen functional groups attached to an aromatic ring is 1. The molecule has 0 unspecified atom stereocenters. The second-order valence-electron chi connectivity index (χ2n) is 4.27. The molecule has 0 amide bonds. The van der Waals surface area contributed by atoms with Crippen molar-refractivity contribution in [3.8, 4) is 5.88 Å². The Labute approximate surface area is 114 Å². The van der Waals surface area contributed by atoms with E-state index in [0.717, 1.165) is 15.8 Å². The van der Waals surface area contributed by atoms with Gasteiger partial charge in [-0.25, -0.2) is 9.89 Å². The number of hydrogen-bond acceptors (Lipinski definition) is 5. The Kier molecular flexibility index (Phi) is 3.08. The van der Waals surface area contributed by atoms with Crippen molar-refractivity contribution in [1.82, 2.24) is 19.8 Å². The molecule has 7 nitrogen and oxygen atoms in total. The fourth-order valence-electron chi connectivity index (χ4n) is 1.89. The number of para-hydroxylation sites is 1. The Balaban J connectivity index is 1.69. The van der Waals surface area contributed by atoms with Gasteiger partial charge in [0, 0.05) is 18.2 Å². The lowest BCUT2D eigenvalue weighted by atomic mass is 10.1. The van der Waals surface area contributed by atoms with Crippen LogP contribution in [0, 0.1) is 0 Å². The smallest absolute Gasteiger partial charge is 0.364 e. The molecule has 0 bridgehead atoms. The maximum atomic E-state index is 11.4. The summed E-state index contributed by atoms with van der Waals surface area (Å²) in [5.41, 5.74) is 7.68. The number of nitrogens with two attached hydrogens (primary N) is 1. The van der Waals surface area contributed by atoms with Crippen LogP contribution in [0.3, 0.4) is 0 Å². The lowest BCUT2D eigenvalue weighted by Crippen LogP contribution is -2.13. The van der Waals surface area contributed by atoms with Crippen LogP contribution in [-0.2, 0) is 6.42 Å². The highest BCUT2D eigenvalue weighted by Crippen LogP contribution is 2.12. The van der Waals surface area contributed by atoms with E-state index in [4.69, 9.17) is 10.5 Å². The number of ether oxygens (including phenoxy) is 1. The van der Waals surface area contributed by atoms with Gasteiger partial charge >= 0.3 is 5.69 Å². The fourth-order valence-corrected chi connectivity index (χ4v) is 1.89. The first-order valence-corrected chi connectivity index (χ1v) is 6.15. The van der Waals surface area contributed by atoms with E-state index in [1.165, 1.54) is 0 Å². The molecule has 0 atom stereocenters. The number of fused-ring (bicyclic) bond motifs is 1. The molecule has 2 aromatic heterocycles. The standard InChI is InChI=1S/C13H13N5O2/c14-10-4-2-1-3-9(10)7-8-20-12-6-5-11-15-16-13(19)18(11)17-12/h1-6H,7-8,14H2,(H,16,19). The molecule has 0 aliphatic carbocycles. The predicted octanol–water partition coefficient (Wildman–Crippen LogP) is 0.621. The van der Waals surface area contributed by atoms with E-state index in [9.17, 15) is 4.79 Å². The van der Waals surface area contributed by atoms with E-state index >= 15 is 0 Å². The summed E-state index contributed by atoms with van der Waals surface area (Å²) in [6.07, 6.45) is 0.673. The van der Waals surface area contributed by atoms with Gasteiger partial charge in [0.25, 0.3) is 0 Å². The molecule has 0 spiro atoms. The van der Waals surface area contributed by atoms with Crippen molar-refractivity contribution < 1.29 is 4.74 Å². The SMILES string of the molecule is Nc1ccccc1CCOc1ccc2n[nH]c(=O)n2n1. The molecule has 0 fully saturated rings.